The molecule has 0 bridgehead atoms. The zero-order valence-corrected chi connectivity index (χ0v) is 9.79. The molecule has 0 aliphatic heterocycles. The Morgan fingerprint density at radius 1 is 1.47 bits per heavy atom. The predicted molar refractivity (Wildman–Crippen MR) is 62.0 cm³/mol. The second-order valence-corrected chi connectivity index (χ2v) is 4.06. The van der Waals surface area contributed by atoms with Crippen molar-refractivity contribution in [3.05, 3.63) is 23.9 Å². The lowest BCUT2D eigenvalue weighted by Gasteiger charge is -2.08. The molecule has 1 heterocycles. The zero-order valence-electron chi connectivity index (χ0n) is 9.79. The minimum absolute atomic E-state index is 0.672. The monoisotopic (exact) mass is 208 g/mol. The second kappa shape index (κ2) is 6.40. The standard InChI is InChI=1S/C12H20N2O/c1-10(2)5-7-15-12-8-11(9-13-3)4-6-14-12/h4,6,8,10,13H,5,7,9H2,1-3H3. The molecule has 1 aromatic rings. The minimum Gasteiger partial charge on any atom is -0.478 e. The van der Waals surface area contributed by atoms with E-state index in [0.717, 1.165) is 25.5 Å². The van der Waals surface area contributed by atoms with Gasteiger partial charge in [0.15, 0.2) is 0 Å². The summed E-state index contributed by atoms with van der Waals surface area (Å²) in [5, 5.41) is 3.10. The van der Waals surface area contributed by atoms with Crippen molar-refractivity contribution in [2.75, 3.05) is 13.7 Å². The zero-order chi connectivity index (χ0) is 11.1. The molecule has 0 aromatic carbocycles. The quantitative estimate of drug-likeness (QED) is 0.778. The maximum atomic E-state index is 5.56. The van der Waals surface area contributed by atoms with Crippen molar-refractivity contribution >= 4 is 0 Å². The summed E-state index contributed by atoms with van der Waals surface area (Å²) in [6.45, 7) is 5.97. The number of hydrogen-bond donors (Lipinski definition) is 1. The maximum absolute atomic E-state index is 5.56. The molecule has 0 saturated heterocycles. The van der Waals surface area contributed by atoms with E-state index in [1.54, 1.807) is 6.20 Å². The summed E-state index contributed by atoms with van der Waals surface area (Å²) in [4.78, 5) is 4.17. The van der Waals surface area contributed by atoms with Crippen LogP contribution in [0.5, 0.6) is 5.88 Å². The molecule has 0 aliphatic rings. The van der Waals surface area contributed by atoms with Gasteiger partial charge in [-0.05, 0) is 31.0 Å². The molecule has 0 saturated carbocycles. The Labute approximate surface area is 91.9 Å². The van der Waals surface area contributed by atoms with Gasteiger partial charge >= 0.3 is 0 Å². The largest absolute Gasteiger partial charge is 0.478 e. The fourth-order valence-corrected chi connectivity index (χ4v) is 1.24. The van der Waals surface area contributed by atoms with Gasteiger partial charge in [-0.15, -0.1) is 0 Å². The first kappa shape index (κ1) is 12.0. The van der Waals surface area contributed by atoms with Crippen LogP contribution < -0.4 is 10.1 Å². The van der Waals surface area contributed by atoms with Crippen LogP contribution in [0.4, 0.5) is 0 Å². The van der Waals surface area contributed by atoms with E-state index < -0.39 is 0 Å². The van der Waals surface area contributed by atoms with Crippen LogP contribution in [0, 0.1) is 5.92 Å². The van der Waals surface area contributed by atoms with Gasteiger partial charge < -0.3 is 10.1 Å². The summed E-state index contributed by atoms with van der Waals surface area (Å²) in [6, 6.07) is 3.97. The lowest BCUT2D eigenvalue weighted by atomic mass is 10.1. The molecule has 3 heteroatoms. The van der Waals surface area contributed by atoms with E-state index >= 15 is 0 Å². The predicted octanol–water partition coefficient (Wildman–Crippen LogP) is 2.23. The molecule has 3 nitrogen and oxygen atoms in total. The van der Waals surface area contributed by atoms with Gasteiger partial charge in [-0.2, -0.15) is 0 Å². The Morgan fingerprint density at radius 2 is 2.27 bits per heavy atom. The third-order valence-corrected chi connectivity index (χ3v) is 2.13. The lowest BCUT2D eigenvalue weighted by Crippen LogP contribution is -2.06. The molecule has 0 fully saturated rings. The van der Waals surface area contributed by atoms with Crippen molar-refractivity contribution < 1.29 is 4.74 Å². The topological polar surface area (TPSA) is 34.2 Å². The fraction of sp³-hybridized carbons (Fsp3) is 0.583. The van der Waals surface area contributed by atoms with Gasteiger partial charge in [0, 0.05) is 18.8 Å². The van der Waals surface area contributed by atoms with E-state index in [4.69, 9.17) is 4.74 Å². The van der Waals surface area contributed by atoms with Crippen molar-refractivity contribution in [2.24, 2.45) is 5.92 Å². The Bertz CT molecular complexity index is 287. The van der Waals surface area contributed by atoms with Crippen LogP contribution in [-0.2, 0) is 6.54 Å². The normalized spacial score (nSPS) is 10.7. The van der Waals surface area contributed by atoms with E-state index in [1.807, 2.05) is 19.2 Å². The first-order valence-electron chi connectivity index (χ1n) is 5.44. The van der Waals surface area contributed by atoms with Crippen LogP contribution in [0.25, 0.3) is 0 Å². The molecule has 0 spiro atoms. The molecule has 1 N–H and O–H groups in total. The van der Waals surface area contributed by atoms with Crippen LogP contribution in [0.1, 0.15) is 25.8 Å². The second-order valence-electron chi connectivity index (χ2n) is 4.06. The minimum atomic E-state index is 0.672. The maximum Gasteiger partial charge on any atom is 0.213 e. The van der Waals surface area contributed by atoms with Gasteiger partial charge in [0.25, 0.3) is 0 Å². The van der Waals surface area contributed by atoms with Crippen molar-refractivity contribution in [1.82, 2.24) is 10.3 Å². The van der Waals surface area contributed by atoms with Gasteiger partial charge in [0.1, 0.15) is 0 Å². The van der Waals surface area contributed by atoms with Crippen LogP contribution in [-0.4, -0.2) is 18.6 Å². The molecule has 0 amide bonds. The molecule has 1 aromatic heterocycles. The molecule has 84 valence electrons. The van der Waals surface area contributed by atoms with Crippen molar-refractivity contribution in [3.8, 4) is 5.88 Å². The Kier molecular flexibility index (Phi) is 5.12. The highest BCUT2D eigenvalue weighted by atomic mass is 16.5. The number of aromatic nitrogens is 1. The summed E-state index contributed by atoms with van der Waals surface area (Å²) in [7, 11) is 1.93. The lowest BCUT2D eigenvalue weighted by molar-refractivity contribution is 0.279. The highest BCUT2D eigenvalue weighted by Gasteiger charge is 1.99. The van der Waals surface area contributed by atoms with Gasteiger partial charge in [-0.25, -0.2) is 4.98 Å². The average Bonchev–Trinajstić information content (AvgIpc) is 2.18. The van der Waals surface area contributed by atoms with Crippen LogP contribution in [0.2, 0.25) is 0 Å². The van der Waals surface area contributed by atoms with E-state index in [0.29, 0.717) is 5.92 Å². The van der Waals surface area contributed by atoms with E-state index in [-0.39, 0.29) is 0 Å². The third kappa shape index (κ3) is 4.79. The van der Waals surface area contributed by atoms with E-state index in [1.165, 1.54) is 5.56 Å². The molecule has 1 rings (SSSR count). The molecule has 0 radical (unpaired) electrons. The average molecular weight is 208 g/mol. The van der Waals surface area contributed by atoms with Crippen LogP contribution >= 0.6 is 0 Å². The van der Waals surface area contributed by atoms with Crippen LogP contribution in [0.15, 0.2) is 18.3 Å². The first-order valence-corrected chi connectivity index (χ1v) is 5.44. The number of nitrogens with zero attached hydrogens (tertiary/aromatic N) is 1. The molecular formula is C12H20N2O. The van der Waals surface area contributed by atoms with Crippen molar-refractivity contribution in [1.29, 1.82) is 0 Å². The molecule has 0 atom stereocenters. The molecule has 0 unspecified atom stereocenters. The Balaban J connectivity index is 2.43. The Morgan fingerprint density at radius 3 is 2.93 bits per heavy atom. The summed E-state index contributed by atoms with van der Waals surface area (Å²) in [5.41, 5.74) is 1.20. The highest BCUT2D eigenvalue weighted by molar-refractivity contribution is 5.20. The summed E-state index contributed by atoms with van der Waals surface area (Å²) >= 11 is 0. The number of hydrogen-bond acceptors (Lipinski definition) is 3. The highest BCUT2D eigenvalue weighted by Crippen LogP contribution is 2.10. The van der Waals surface area contributed by atoms with Gasteiger partial charge in [0.2, 0.25) is 5.88 Å². The third-order valence-electron chi connectivity index (χ3n) is 2.13. The van der Waals surface area contributed by atoms with E-state index in [9.17, 15) is 0 Å². The SMILES string of the molecule is CNCc1ccnc(OCCC(C)C)c1. The van der Waals surface area contributed by atoms with Gasteiger partial charge in [-0.3, -0.25) is 0 Å². The van der Waals surface area contributed by atoms with E-state index in [2.05, 4.69) is 24.1 Å². The van der Waals surface area contributed by atoms with Gasteiger partial charge in [-0.1, -0.05) is 13.8 Å². The number of ether oxygens (including phenoxy) is 1. The summed E-state index contributed by atoms with van der Waals surface area (Å²) in [5.74, 6) is 1.40. The molecule has 15 heavy (non-hydrogen) atoms. The van der Waals surface area contributed by atoms with Crippen LogP contribution in [0.3, 0.4) is 0 Å². The summed E-state index contributed by atoms with van der Waals surface area (Å²) in [6.07, 6.45) is 2.86. The van der Waals surface area contributed by atoms with Crippen molar-refractivity contribution in [3.63, 3.8) is 0 Å². The number of rotatable bonds is 6. The first-order chi connectivity index (χ1) is 7.22. The van der Waals surface area contributed by atoms with Gasteiger partial charge in [0.05, 0.1) is 6.61 Å². The number of pyridine rings is 1. The summed E-state index contributed by atoms with van der Waals surface area (Å²) < 4.78 is 5.56. The molecular weight excluding hydrogens is 188 g/mol. The molecule has 0 aliphatic carbocycles. The van der Waals surface area contributed by atoms with Crippen molar-refractivity contribution in [2.45, 2.75) is 26.8 Å². The smallest absolute Gasteiger partial charge is 0.213 e. The fourth-order valence-electron chi connectivity index (χ4n) is 1.24. The number of nitrogens with one attached hydrogen (secondary N) is 1. The Hall–Kier alpha value is -1.09.